The number of carbonyl (C=O) groups excluding carboxylic acids is 3. The third kappa shape index (κ3) is 10.5. The fourth-order valence-corrected chi connectivity index (χ4v) is 9.41. The Labute approximate surface area is 332 Å². The van der Waals surface area contributed by atoms with Crippen molar-refractivity contribution in [1.29, 1.82) is 0 Å². The van der Waals surface area contributed by atoms with E-state index in [2.05, 4.69) is 43.7 Å². The number of hydrogen-bond acceptors (Lipinski definition) is 10. The number of aromatic nitrogens is 2. The van der Waals surface area contributed by atoms with Gasteiger partial charge in [-0.25, -0.2) is 9.37 Å². The van der Waals surface area contributed by atoms with Crippen LogP contribution in [0.15, 0.2) is 35.1 Å². The molecule has 0 spiro atoms. The van der Waals surface area contributed by atoms with Crippen LogP contribution in [0.5, 0.6) is 5.75 Å². The molecule has 0 aliphatic carbocycles. The highest BCUT2D eigenvalue weighted by Crippen LogP contribution is 2.33. The smallest absolute Gasteiger partial charge is 0.261 e. The van der Waals surface area contributed by atoms with Crippen molar-refractivity contribution in [3.8, 4) is 5.75 Å². The van der Waals surface area contributed by atoms with Gasteiger partial charge in [0.25, 0.3) is 5.56 Å². The highest BCUT2D eigenvalue weighted by molar-refractivity contribution is 7.99. The zero-order valence-corrected chi connectivity index (χ0v) is 33.1. The minimum atomic E-state index is -0.638. The third-order valence-electron chi connectivity index (χ3n) is 11.7. The summed E-state index contributed by atoms with van der Waals surface area (Å²) in [5.74, 6) is 0.935. The van der Waals surface area contributed by atoms with Crippen LogP contribution in [0.3, 0.4) is 0 Å². The molecule has 0 saturated carbocycles. The normalized spacial score (nSPS) is 19.7. The van der Waals surface area contributed by atoms with Crippen LogP contribution in [0.2, 0.25) is 0 Å². The van der Waals surface area contributed by atoms with Gasteiger partial charge in [-0.3, -0.25) is 29.4 Å². The number of H-pyrrole nitrogens is 1. The number of anilines is 1. The summed E-state index contributed by atoms with van der Waals surface area (Å²) in [4.78, 5) is 61.0. The number of unbranched alkanes of at least 4 members (excludes halogenated alkanes) is 5. The zero-order valence-electron chi connectivity index (χ0n) is 32.3. The van der Waals surface area contributed by atoms with Gasteiger partial charge in [-0.1, -0.05) is 37.8 Å². The van der Waals surface area contributed by atoms with Gasteiger partial charge in [-0.2, -0.15) is 11.8 Å². The molecule has 3 aromatic rings. The molecule has 4 aliphatic heterocycles. The van der Waals surface area contributed by atoms with Gasteiger partial charge in [0.1, 0.15) is 22.8 Å². The molecule has 0 radical (unpaired) electrons. The van der Waals surface area contributed by atoms with E-state index in [1.165, 1.54) is 17.2 Å². The van der Waals surface area contributed by atoms with Crippen molar-refractivity contribution in [3.05, 3.63) is 63.5 Å². The quantitative estimate of drug-likeness (QED) is 0.109. The lowest BCUT2D eigenvalue weighted by atomic mass is 9.97. The van der Waals surface area contributed by atoms with Crippen LogP contribution in [0.25, 0.3) is 10.9 Å². The van der Waals surface area contributed by atoms with Gasteiger partial charge >= 0.3 is 0 Å². The van der Waals surface area contributed by atoms with Crippen molar-refractivity contribution in [2.24, 2.45) is 5.92 Å². The van der Waals surface area contributed by atoms with Crippen LogP contribution in [-0.2, 0) is 38.0 Å². The molecule has 2 aromatic carbocycles. The minimum Gasteiger partial charge on any atom is -0.493 e. The molecule has 3 saturated heterocycles. The Balaban J connectivity index is 0.747. The van der Waals surface area contributed by atoms with Gasteiger partial charge in [0, 0.05) is 81.8 Å². The van der Waals surface area contributed by atoms with Gasteiger partial charge in [0.15, 0.2) is 0 Å². The first-order valence-electron chi connectivity index (χ1n) is 20.6. The number of aromatic amines is 1. The monoisotopic (exact) mass is 790 g/mol. The third-order valence-corrected chi connectivity index (χ3v) is 13.0. The lowest BCUT2D eigenvalue weighted by molar-refractivity contribution is -0.138. The number of nitrogens with one attached hydrogen (secondary N) is 3. The number of imide groups is 1. The van der Waals surface area contributed by atoms with Crippen molar-refractivity contribution in [2.75, 3.05) is 44.8 Å². The Bertz CT molecular complexity index is 1910. The molecule has 7 rings (SSSR count). The molecule has 12 nitrogen and oxygen atoms in total. The van der Waals surface area contributed by atoms with Crippen molar-refractivity contribution in [2.45, 2.75) is 114 Å². The van der Waals surface area contributed by atoms with E-state index in [4.69, 9.17) is 9.47 Å². The predicted molar refractivity (Wildman–Crippen MR) is 215 cm³/mol. The summed E-state index contributed by atoms with van der Waals surface area (Å²) in [5.41, 5.74) is 3.45. The lowest BCUT2D eigenvalue weighted by Crippen LogP contribution is -2.50. The van der Waals surface area contributed by atoms with Gasteiger partial charge in [0.05, 0.1) is 23.9 Å². The topological polar surface area (TPSA) is 146 Å². The van der Waals surface area contributed by atoms with Crippen LogP contribution in [0, 0.1) is 11.7 Å². The summed E-state index contributed by atoms with van der Waals surface area (Å²) in [6, 6.07) is 8.97. The average molecular weight is 791 g/mol. The van der Waals surface area contributed by atoms with E-state index in [9.17, 15) is 23.6 Å². The number of fused-ring (bicyclic) bond motifs is 2. The Hall–Kier alpha value is -4.01. The Morgan fingerprint density at radius 1 is 0.982 bits per heavy atom. The second kappa shape index (κ2) is 19.4. The Morgan fingerprint density at radius 2 is 1.77 bits per heavy atom. The number of amides is 3. The van der Waals surface area contributed by atoms with Crippen molar-refractivity contribution in [1.82, 2.24) is 25.1 Å². The van der Waals surface area contributed by atoms with E-state index in [1.54, 1.807) is 17.8 Å². The number of rotatable bonds is 17. The van der Waals surface area contributed by atoms with E-state index in [0.29, 0.717) is 73.6 Å². The summed E-state index contributed by atoms with van der Waals surface area (Å²) in [6.45, 7) is 5.67. The van der Waals surface area contributed by atoms with Gasteiger partial charge in [0.2, 0.25) is 17.7 Å². The van der Waals surface area contributed by atoms with Gasteiger partial charge < -0.3 is 24.7 Å². The molecule has 5 heterocycles. The first kappa shape index (κ1) is 40.2. The standard InChI is InChI=1S/C42H55FN6O6S/c43-33-22-30(23-35-40(33)42(53)46-37(45-35)27-56-31-15-20-54-21-16-31)55-26-28-13-18-48(19-14-28)39(51)10-5-3-1-2-4-6-17-44-34-9-7-8-29-24-49(25-32(29)34)36-11-12-38(50)47-41(36)52/h7-9,22-23,28,31,36,44H,1-6,10-21,24-27H2,(H,45,46,53)(H,47,50,52). The number of carbonyl (C=O) groups is 3. The second-order valence-corrected chi connectivity index (χ2v) is 17.0. The summed E-state index contributed by atoms with van der Waals surface area (Å²) in [5, 5.41) is 6.51. The van der Waals surface area contributed by atoms with E-state index in [1.807, 2.05) is 4.90 Å². The van der Waals surface area contributed by atoms with Gasteiger partial charge in [-0.05, 0) is 68.1 Å². The van der Waals surface area contributed by atoms with Crippen molar-refractivity contribution >= 4 is 46.1 Å². The summed E-state index contributed by atoms with van der Waals surface area (Å²) in [6.07, 6.45) is 11.6. The fraction of sp³-hybridized carbons (Fsp3) is 0.595. The number of thioether (sulfide) groups is 1. The number of nitrogens with zero attached hydrogens (tertiary/aromatic N) is 3. The molecule has 1 atom stereocenters. The molecule has 3 N–H and O–H groups in total. The van der Waals surface area contributed by atoms with Crippen LogP contribution >= 0.6 is 11.8 Å². The van der Waals surface area contributed by atoms with E-state index >= 15 is 0 Å². The summed E-state index contributed by atoms with van der Waals surface area (Å²) >= 11 is 1.74. The highest BCUT2D eigenvalue weighted by Gasteiger charge is 2.35. The van der Waals surface area contributed by atoms with E-state index in [0.717, 1.165) is 96.2 Å². The average Bonchev–Trinajstić information content (AvgIpc) is 3.64. The van der Waals surface area contributed by atoms with Crippen LogP contribution in [0.4, 0.5) is 10.1 Å². The number of piperidine rings is 2. The first-order valence-corrected chi connectivity index (χ1v) is 21.6. The number of ether oxygens (including phenoxy) is 2. The molecule has 3 amide bonds. The van der Waals surface area contributed by atoms with Crippen molar-refractivity contribution in [3.63, 3.8) is 0 Å². The maximum absolute atomic E-state index is 15.0. The highest BCUT2D eigenvalue weighted by atomic mass is 32.2. The van der Waals surface area contributed by atoms with E-state index in [-0.39, 0.29) is 35.1 Å². The van der Waals surface area contributed by atoms with Gasteiger partial charge in [-0.15, -0.1) is 0 Å². The predicted octanol–water partition coefficient (Wildman–Crippen LogP) is 6.06. The Morgan fingerprint density at radius 3 is 2.57 bits per heavy atom. The van der Waals surface area contributed by atoms with Crippen LogP contribution in [-0.4, -0.2) is 88.2 Å². The second-order valence-electron chi connectivity index (χ2n) is 15.7. The molecule has 3 fully saturated rings. The molecule has 0 bridgehead atoms. The number of benzene rings is 2. The van der Waals surface area contributed by atoms with Crippen LogP contribution in [0.1, 0.15) is 100 Å². The molecule has 14 heteroatoms. The lowest BCUT2D eigenvalue weighted by Gasteiger charge is -2.32. The number of hydrogen-bond donors (Lipinski definition) is 3. The molecule has 302 valence electrons. The molecular weight excluding hydrogens is 736 g/mol. The minimum absolute atomic E-state index is 0.0494. The first-order chi connectivity index (χ1) is 27.3. The number of halogens is 1. The maximum atomic E-state index is 15.0. The molecule has 56 heavy (non-hydrogen) atoms. The SMILES string of the molecule is O=C1CCC(N2Cc3cccc(NCCCCCCCCC(=O)N4CCC(COc5cc(F)c6c(=O)[nH]c(CSC7CCOCC7)nc6c5)CC4)c3C2)C(=O)N1. The van der Waals surface area contributed by atoms with Crippen molar-refractivity contribution < 1.29 is 28.2 Å². The number of likely N-dealkylation sites (tertiary alicyclic amines) is 1. The summed E-state index contributed by atoms with van der Waals surface area (Å²) in [7, 11) is 0. The molecule has 1 unspecified atom stereocenters. The largest absolute Gasteiger partial charge is 0.493 e. The maximum Gasteiger partial charge on any atom is 0.261 e. The fourth-order valence-electron chi connectivity index (χ4n) is 8.36. The Kier molecular flexibility index (Phi) is 13.9. The molecule has 1 aromatic heterocycles. The van der Waals surface area contributed by atoms with Crippen LogP contribution < -0.4 is 20.9 Å². The molecule has 4 aliphatic rings. The van der Waals surface area contributed by atoms with E-state index < -0.39 is 11.4 Å². The summed E-state index contributed by atoms with van der Waals surface area (Å²) < 4.78 is 26.4. The zero-order chi connectivity index (χ0) is 38.9. The molecular formula is C42H55FN6O6S.